The predicted molar refractivity (Wildman–Crippen MR) is 82.7 cm³/mol. The molecule has 7 heteroatoms. The Kier molecular flexibility index (Phi) is 3.95. The van der Waals surface area contributed by atoms with Gasteiger partial charge in [-0.15, -0.1) is 0 Å². The SMILES string of the molecule is CC1CN(C(=O)Nc2cccc(N3CCC3=O)c2)CCC1(F)F. The van der Waals surface area contributed by atoms with E-state index in [0.717, 1.165) is 5.69 Å². The number of alkyl halides is 2. The number of benzene rings is 1. The Labute approximate surface area is 133 Å². The molecule has 23 heavy (non-hydrogen) atoms. The third-order valence-corrected chi connectivity index (χ3v) is 4.48. The summed E-state index contributed by atoms with van der Waals surface area (Å²) in [4.78, 5) is 26.8. The molecule has 124 valence electrons. The Morgan fingerprint density at radius 3 is 2.74 bits per heavy atom. The van der Waals surface area contributed by atoms with Gasteiger partial charge in [0, 0.05) is 49.8 Å². The number of carbonyl (C=O) groups excluding carboxylic acids is 2. The molecule has 3 amide bonds. The zero-order valence-corrected chi connectivity index (χ0v) is 12.9. The molecule has 0 radical (unpaired) electrons. The highest BCUT2D eigenvalue weighted by Gasteiger charge is 2.42. The lowest BCUT2D eigenvalue weighted by molar-refractivity contribution is -0.122. The van der Waals surface area contributed by atoms with Crippen molar-refractivity contribution in [2.75, 3.05) is 29.9 Å². The molecule has 1 atom stereocenters. The largest absolute Gasteiger partial charge is 0.324 e. The molecule has 1 unspecified atom stereocenters. The van der Waals surface area contributed by atoms with E-state index in [4.69, 9.17) is 0 Å². The molecule has 0 aliphatic carbocycles. The highest BCUT2D eigenvalue weighted by atomic mass is 19.3. The van der Waals surface area contributed by atoms with Crippen LogP contribution in [0.4, 0.5) is 25.0 Å². The van der Waals surface area contributed by atoms with Crippen LogP contribution in [0.3, 0.4) is 0 Å². The average molecular weight is 323 g/mol. The number of β-lactam (4-membered cyclic amide) rings is 1. The zero-order chi connectivity index (χ0) is 16.6. The molecule has 1 aromatic carbocycles. The number of nitrogens with one attached hydrogen (secondary N) is 1. The standard InChI is InChI=1S/C16H19F2N3O2/c1-11-10-20(8-6-16(11,17)18)15(23)19-12-3-2-4-13(9-12)21-7-5-14(21)22/h2-4,9,11H,5-8,10H2,1H3,(H,19,23). The van der Waals surface area contributed by atoms with Crippen molar-refractivity contribution in [2.45, 2.75) is 25.7 Å². The quantitative estimate of drug-likeness (QED) is 0.851. The molecule has 2 heterocycles. The van der Waals surface area contributed by atoms with Crippen molar-refractivity contribution >= 4 is 23.3 Å². The van der Waals surface area contributed by atoms with Crippen LogP contribution in [0, 0.1) is 5.92 Å². The maximum Gasteiger partial charge on any atom is 0.321 e. The highest BCUT2D eigenvalue weighted by Crippen LogP contribution is 2.33. The zero-order valence-electron chi connectivity index (χ0n) is 12.9. The summed E-state index contributed by atoms with van der Waals surface area (Å²) >= 11 is 0. The summed E-state index contributed by atoms with van der Waals surface area (Å²) in [6.45, 7) is 2.20. The first-order valence-corrected chi connectivity index (χ1v) is 7.71. The number of nitrogens with zero attached hydrogens (tertiary/aromatic N) is 2. The van der Waals surface area contributed by atoms with Crippen molar-refractivity contribution in [1.29, 1.82) is 0 Å². The van der Waals surface area contributed by atoms with Gasteiger partial charge in [-0.3, -0.25) is 4.79 Å². The van der Waals surface area contributed by atoms with Gasteiger partial charge in [-0.2, -0.15) is 0 Å². The van der Waals surface area contributed by atoms with Gasteiger partial charge in [0.1, 0.15) is 0 Å². The Bertz CT molecular complexity index is 636. The Morgan fingerprint density at radius 1 is 1.35 bits per heavy atom. The topological polar surface area (TPSA) is 52.7 Å². The van der Waals surface area contributed by atoms with Gasteiger partial charge in [-0.1, -0.05) is 13.0 Å². The van der Waals surface area contributed by atoms with Crippen LogP contribution < -0.4 is 10.2 Å². The molecule has 0 bridgehead atoms. The van der Waals surface area contributed by atoms with E-state index in [1.54, 1.807) is 29.2 Å². The molecule has 3 rings (SSSR count). The number of amides is 3. The van der Waals surface area contributed by atoms with Crippen molar-refractivity contribution in [3.63, 3.8) is 0 Å². The van der Waals surface area contributed by atoms with Gasteiger partial charge < -0.3 is 15.1 Å². The first-order valence-electron chi connectivity index (χ1n) is 7.71. The van der Waals surface area contributed by atoms with E-state index in [1.165, 1.54) is 11.8 Å². The van der Waals surface area contributed by atoms with Crippen molar-refractivity contribution in [1.82, 2.24) is 4.90 Å². The molecule has 2 aliphatic heterocycles. The van der Waals surface area contributed by atoms with Crippen LogP contribution in [-0.2, 0) is 4.79 Å². The fourth-order valence-electron chi connectivity index (χ4n) is 2.81. The van der Waals surface area contributed by atoms with Crippen LogP contribution in [0.15, 0.2) is 24.3 Å². The monoisotopic (exact) mass is 323 g/mol. The summed E-state index contributed by atoms with van der Waals surface area (Å²) in [6.07, 6.45) is 0.223. The summed E-state index contributed by atoms with van der Waals surface area (Å²) in [5.41, 5.74) is 1.29. The third kappa shape index (κ3) is 3.13. The Balaban J connectivity index is 1.64. The molecule has 2 aliphatic rings. The smallest absolute Gasteiger partial charge is 0.321 e. The number of hydrogen-bond donors (Lipinski definition) is 1. The Morgan fingerprint density at radius 2 is 2.13 bits per heavy atom. The minimum Gasteiger partial charge on any atom is -0.324 e. The fraction of sp³-hybridized carbons (Fsp3) is 0.500. The molecule has 1 N–H and O–H groups in total. The normalized spacial score (nSPS) is 23.4. The van der Waals surface area contributed by atoms with E-state index in [1.807, 2.05) is 0 Å². The first kappa shape index (κ1) is 15.7. The number of urea groups is 1. The molecule has 0 aromatic heterocycles. The van der Waals surface area contributed by atoms with Gasteiger partial charge in [0.15, 0.2) is 0 Å². The summed E-state index contributed by atoms with van der Waals surface area (Å²) in [7, 11) is 0. The van der Waals surface area contributed by atoms with Gasteiger partial charge in [0.25, 0.3) is 5.92 Å². The van der Waals surface area contributed by atoms with Crippen LogP contribution in [0.1, 0.15) is 19.8 Å². The molecule has 5 nitrogen and oxygen atoms in total. The lowest BCUT2D eigenvalue weighted by Gasteiger charge is -2.36. The van der Waals surface area contributed by atoms with Gasteiger partial charge >= 0.3 is 6.03 Å². The van der Waals surface area contributed by atoms with Gasteiger partial charge in [-0.25, -0.2) is 13.6 Å². The molecule has 1 aromatic rings. The number of carbonyl (C=O) groups is 2. The summed E-state index contributed by atoms with van der Waals surface area (Å²) in [5, 5.41) is 2.72. The van der Waals surface area contributed by atoms with Gasteiger partial charge in [0.05, 0.1) is 0 Å². The molecule has 0 spiro atoms. The number of anilines is 2. The minimum atomic E-state index is -2.71. The van der Waals surface area contributed by atoms with Crippen molar-refractivity contribution in [2.24, 2.45) is 5.92 Å². The number of piperidine rings is 1. The number of likely N-dealkylation sites (tertiary alicyclic amines) is 1. The van der Waals surface area contributed by atoms with E-state index < -0.39 is 11.8 Å². The average Bonchev–Trinajstić information content (AvgIpc) is 2.49. The van der Waals surface area contributed by atoms with Crippen LogP contribution in [-0.4, -0.2) is 42.4 Å². The second kappa shape index (κ2) is 5.79. The Hall–Kier alpha value is -2.18. The minimum absolute atomic E-state index is 0.0309. The predicted octanol–water partition coefficient (Wildman–Crippen LogP) is 2.93. The fourth-order valence-corrected chi connectivity index (χ4v) is 2.81. The van der Waals surface area contributed by atoms with Crippen molar-refractivity contribution in [3.05, 3.63) is 24.3 Å². The van der Waals surface area contributed by atoms with Crippen LogP contribution in [0.2, 0.25) is 0 Å². The van der Waals surface area contributed by atoms with Gasteiger partial charge in [0.2, 0.25) is 5.91 Å². The molecular weight excluding hydrogens is 304 g/mol. The molecular formula is C16H19F2N3O2. The second-order valence-electron chi connectivity index (χ2n) is 6.13. The van der Waals surface area contributed by atoms with E-state index in [2.05, 4.69) is 5.32 Å². The van der Waals surface area contributed by atoms with Crippen LogP contribution in [0.5, 0.6) is 0 Å². The van der Waals surface area contributed by atoms with Crippen molar-refractivity contribution in [3.8, 4) is 0 Å². The molecule has 0 saturated carbocycles. The molecule has 2 saturated heterocycles. The van der Waals surface area contributed by atoms with E-state index in [-0.39, 0.29) is 31.4 Å². The maximum absolute atomic E-state index is 13.5. The summed E-state index contributed by atoms with van der Waals surface area (Å²) < 4.78 is 27.0. The van der Waals surface area contributed by atoms with Gasteiger partial charge in [-0.05, 0) is 18.2 Å². The number of hydrogen-bond acceptors (Lipinski definition) is 2. The van der Waals surface area contributed by atoms with Crippen LogP contribution in [0.25, 0.3) is 0 Å². The summed E-state index contributed by atoms with van der Waals surface area (Å²) in [5.74, 6) is -3.51. The van der Waals surface area contributed by atoms with Crippen LogP contribution >= 0.6 is 0 Å². The van der Waals surface area contributed by atoms with E-state index >= 15 is 0 Å². The second-order valence-corrected chi connectivity index (χ2v) is 6.13. The lowest BCUT2D eigenvalue weighted by Crippen LogP contribution is -2.49. The maximum atomic E-state index is 13.5. The lowest BCUT2D eigenvalue weighted by atomic mass is 9.96. The van der Waals surface area contributed by atoms with E-state index in [9.17, 15) is 18.4 Å². The third-order valence-electron chi connectivity index (χ3n) is 4.48. The number of halogens is 2. The van der Waals surface area contributed by atoms with E-state index in [0.29, 0.717) is 18.7 Å². The highest BCUT2D eigenvalue weighted by molar-refractivity contribution is 6.00. The van der Waals surface area contributed by atoms with Crippen molar-refractivity contribution < 1.29 is 18.4 Å². The summed E-state index contributed by atoms with van der Waals surface area (Å²) in [6, 6.07) is 6.60. The first-order chi connectivity index (χ1) is 10.9. The number of rotatable bonds is 2. The molecule has 2 fully saturated rings.